The molecule has 0 atom stereocenters. The van der Waals surface area contributed by atoms with E-state index in [1.807, 2.05) is 0 Å². The van der Waals surface area contributed by atoms with Crippen LogP contribution < -0.4 is 15.8 Å². The van der Waals surface area contributed by atoms with Crippen molar-refractivity contribution in [3.63, 3.8) is 0 Å². The predicted molar refractivity (Wildman–Crippen MR) is 97.6 cm³/mol. The summed E-state index contributed by atoms with van der Waals surface area (Å²) in [6.45, 7) is 1.33. The largest absolute Gasteiger partial charge is 0.475 e. The Hall–Kier alpha value is -3.75. The van der Waals surface area contributed by atoms with Crippen molar-refractivity contribution in [2.45, 2.75) is 13.1 Å². The summed E-state index contributed by atoms with van der Waals surface area (Å²) in [7, 11) is 1.11. The molecule has 2 amide bonds. The van der Waals surface area contributed by atoms with Gasteiger partial charge in [-0.15, -0.1) is 16.4 Å². The van der Waals surface area contributed by atoms with Crippen LogP contribution in [0.1, 0.15) is 31.4 Å². The van der Waals surface area contributed by atoms with E-state index in [0.29, 0.717) is 11.3 Å². The van der Waals surface area contributed by atoms with Crippen LogP contribution in [0.3, 0.4) is 0 Å². The number of nitrogens with zero attached hydrogens (tertiary/aromatic N) is 3. The Morgan fingerprint density at radius 1 is 1.40 bits per heavy atom. The molecule has 158 valence electrons. The standard InChI is InChI=1S/C15H11F3N6O5S/c1-4-3-5(15(16,17)18)20-14-6(4)7(10(30-14)11(19)25)21-12(26)8-9(24(27)28)13(29-2)23-22-8/h3H,1-2H3,(H2,19,25)(H,21,26)(H,22,23). The number of anilines is 1. The molecule has 0 radical (unpaired) electrons. The van der Waals surface area contributed by atoms with Gasteiger partial charge < -0.3 is 15.8 Å². The number of ether oxygens (including phenoxy) is 1. The van der Waals surface area contributed by atoms with Gasteiger partial charge in [-0.2, -0.15) is 13.2 Å². The molecule has 3 aromatic rings. The Kier molecular flexibility index (Phi) is 5.07. The number of halogens is 3. The minimum absolute atomic E-state index is 0.0456. The second kappa shape index (κ2) is 7.25. The summed E-state index contributed by atoms with van der Waals surface area (Å²) in [5, 5.41) is 19.2. The average Bonchev–Trinajstić information content (AvgIpc) is 3.22. The molecule has 0 bridgehead atoms. The van der Waals surface area contributed by atoms with Gasteiger partial charge in [0.1, 0.15) is 15.4 Å². The first-order valence-corrected chi connectivity index (χ1v) is 8.66. The molecule has 4 N–H and O–H groups in total. The third-order valence-corrected chi connectivity index (χ3v) is 5.02. The van der Waals surface area contributed by atoms with Crippen LogP contribution in [0.4, 0.5) is 24.5 Å². The molecule has 0 spiro atoms. The summed E-state index contributed by atoms with van der Waals surface area (Å²) in [5.74, 6) is -2.57. The van der Waals surface area contributed by atoms with Gasteiger partial charge in [-0.1, -0.05) is 0 Å². The molecule has 0 aliphatic carbocycles. The number of amides is 2. The first-order valence-electron chi connectivity index (χ1n) is 7.85. The lowest BCUT2D eigenvalue weighted by atomic mass is 10.1. The minimum Gasteiger partial charge on any atom is -0.475 e. The normalized spacial score (nSPS) is 11.5. The van der Waals surface area contributed by atoms with Crippen LogP contribution in [-0.4, -0.2) is 39.0 Å². The highest BCUT2D eigenvalue weighted by atomic mass is 32.1. The molecule has 3 heterocycles. The fourth-order valence-electron chi connectivity index (χ4n) is 2.69. The lowest BCUT2D eigenvalue weighted by Gasteiger charge is -2.09. The van der Waals surface area contributed by atoms with Crippen LogP contribution in [-0.2, 0) is 6.18 Å². The van der Waals surface area contributed by atoms with Gasteiger partial charge in [-0.25, -0.2) is 4.98 Å². The molecule has 30 heavy (non-hydrogen) atoms. The van der Waals surface area contributed by atoms with Crippen LogP contribution in [0.2, 0.25) is 0 Å². The maximum absolute atomic E-state index is 13.0. The number of fused-ring (bicyclic) bond motifs is 1. The number of primary amides is 1. The van der Waals surface area contributed by atoms with Gasteiger partial charge in [0.2, 0.25) is 5.69 Å². The van der Waals surface area contributed by atoms with Crippen molar-refractivity contribution in [3.8, 4) is 5.88 Å². The van der Waals surface area contributed by atoms with Crippen molar-refractivity contribution in [1.29, 1.82) is 0 Å². The van der Waals surface area contributed by atoms with Crippen molar-refractivity contribution in [2.75, 3.05) is 12.4 Å². The van der Waals surface area contributed by atoms with Crippen LogP contribution in [0.15, 0.2) is 6.07 Å². The van der Waals surface area contributed by atoms with E-state index in [4.69, 9.17) is 10.5 Å². The van der Waals surface area contributed by atoms with E-state index < -0.39 is 45.9 Å². The number of alkyl halides is 3. The summed E-state index contributed by atoms with van der Waals surface area (Å²) < 4.78 is 43.8. The number of carbonyl (C=O) groups is 2. The molecule has 0 unspecified atom stereocenters. The Morgan fingerprint density at radius 2 is 2.07 bits per heavy atom. The summed E-state index contributed by atoms with van der Waals surface area (Å²) in [5.41, 5.74) is 2.60. The third-order valence-electron chi connectivity index (χ3n) is 3.92. The Balaban J connectivity index is 2.15. The molecule has 3 aromatic heterocycles. The van der Waals surface area contributed by atoms with Gasteiger partial charge in [0, 0.05) is 5.39 Å². The highest BCUT2D eigenvalue weighted by Crippen LogP contribution is 2.40. The third kappa shape index (κ3) is 3.49. The average molecular weight is 444 g/mol. The minimum atomic E-state index is -4.73. The van der Waals surface area contributed by atoms with Gasteiger partial charge in [0.05, 0.1) is 17.7 Å². The number of nitrogens with one attached hydrogen (secondary N) is 2. The van der Waals surface area contributed by atoms with Crippen LogP contribution in [0.25, 0.3) is 10.2 Å². The van der Waals surface area contributed by atoms with E-state index in [0.717, 1.165) is 13.2 Å². The molecule has 3 rings (SSSR count). The van der Waals surface area contributed by atoms with Crippen molar-refractivity contribution in [1.82, 2.24) is 15.2 Å². The summed E-state index contributed by atoms with van der Waals surface area (Å²) >= 11 is 0.549. The van der Waals surface area contributed by atoms with Crippen molar-refractivity contribution in [2.24, 2.45) is 5.73 Å². The monoisotopic (exact) mass is 444 g/mol. The van der Waals surface area contributed by atoms with Gasteiger partial charge in [-0.3, -0.25) is 24.8 Å². The molecule has 0 saturated carbocycles. The zero-order chi connectivity index (χ0) is 22.4. The summed E-state index contributed by atoms with van der Waals surface area (Å²) in [4.78, 5) is 37.8. The number of aryl methyl sites for hydroxylation is 1. The van der Waals surface area contributed by atoms with Gasteiger partial charge in [-0.05, 0) is 18.6 Å². The van der Waals surface area contributed by atoms with E-state index in [-0.39, 0.29) is 26.3 Å². The summed E-state index contributed by atoms with van der Waals surface area (Å²) in [6, 6.07) is 0.747. The zero-order valence-corrected chi connectivity index (χ0v) is 15.9. The van der Waals surface area contributed by atoms with Crippen LogP contribution in [0.5, 0.6) is 5.88 Å². The van der Waals surface area contributed by atoms with Crippen LogP contribution >= 0.6 is 11.3 Å². The number of nitrogens with two attached hydrogens (primary N) is 1. The number of aromatic nitrogens is 3. The summed E-state index contributed by atoms with van der Waals surface area (Å²) in [6.07, 6.45) is -4.73. The lowest BCUT2D eigenvalue weighted by molar-refractivity contribution is -0.386. The van der Waals surface area contributed by atoms with Crippen molar-refractivity contribution >= 4 is 44.7 Å². The highest BCUT2D eigenvalue weighted by molar-refractivity contribution is 7.21. The van der Waals surface area contributed by atoms with Crippen molar-refractivity contribution in [3.05, 3.63) is 38.0 Å². The maximum atomic E-state index is 13.0. The zero-order valence-electron chi connectivity index (χ0n) is 15.1. The second-order valence-corrected chi connectivity index (χ2v) is 6.84. The van der Waals surface area contributed by atoms with Gasteiger partial charge in [0.25, 0.3) is 11.8 Å². The maximum Gasteiger partial charge on any atom is 0.433 e. The Morgan fingerprint density at radius 3 is 2.60 bits per heavy atom. The fraction of sp³-hybridized carbons (Fsp3) is 0.200. The molecular weight excluding hydrogens is 433 g/mol. The van der Waals surface area contributed by atoms with E-state index in [1.54, 1.807) is 0 Å². The molecular formula is C15H11F3N6O5S. The van der Waals surface area contributed by atoms with E-state index >= 15 is 0 Å². The van der Waals surface area contributed by atoms with E-state index in [9.17, 15) is 32.9 Å². The number of rotatable bonds is 5. The number of H-pyrrole nitrogens is 1. The lowest BCUT2D eigenvalue weighted by Crippen LogP contribution is -2.18. The predicted octanol–water partition coefficient (Wildman–Crippen LogP) is 2.61. The number of pyridine rings is 1. The molecule has 0 aromatic carbocycles. The Labute approximate surface area is 168 Å². The second-order valence-electron chi connectivity index (χ2n) is 5.84. The molecule has 0 saturated heterocycles. The molecule has 15 heteroatoms. The highest BCUT2D eigenvalue weighted by Gasteiger charge is 2.35. The van der Waals surface area contributed by atoms with E-state index in [1.165, 1.54) is 6.92 Å². The number of carbonyl (C=O) groups excluding carboxylic acids is 2. The molecule has 0 fully saturated rings. The molecule has 0 aliphatic rings. The quantitative estimate of drug-likeness (QED) is 0.402. The molecule has 0 aliphatic heterocycles. The molecule has 11 nitrogen and oxygen atoms in total. The Bertz CT molecular complexity index is 1200. The number of methoxy groups -OCH3 is 1. The van der Waals surface area contributed by atoms with Crippen molar-refractivity contribution < 1.29 is 32.4 Å². The SMILES string of the molecule is COc1n[nH]c(C(=O)Nc2c(C(N)=O)sc3nc(C(F)(F)F)cc(C)c23)c1[N+](=O)[O-]. The number of hydrogen-bond donors (Lipinski definition) is 3. The smallest absolute Gasteiger partial charge is 0.433 e. The number of hydrogen-bond acceptors (Lipinski definition) is 8. The number of nitro groups is 1. The van der Waals surface area contributed by atoms with Gasteiger partial charge in [0.15, 0.2) is 0 Å². The first-order chi connectivity index (χ1) is 14.0. The van der Waals surface area contributed by atoms with Crippen LogP contribution in [0, 0.1) is 17.0 Å². The van der Waals surface area contributed by atoms with Gasteiger partial charge >= 0.3 is 17.7 Å². The van der Waals surface area contributed by atoms with E-state index in [2.05, 4.69) is 20.5 Å². The topological polar surface area (TPSA) is 166 Å². The number of thiophene rings is 1. The first kappa shape index (κ1) is 21.0. The fourth-order valence-corrected chi connectivity index (χ4v) is 3.74. The number of aromatic amines is 1.